The molecule has 7 heteroatoms. The van der Waals surface area contributed by atoms with Crippen molar-refractivity contribution >= 4 is 17.5 Å². The summed E-state index contributed by atoms with van der Waals surface area (Å²) in [5.74, 6) is 0.761. The molecule has 1 atom stereocenters. The smallest absolute Gasteiger partial charge is 0.249 e. The minimum absolute atomic E-state index is 0.0802. The highest BCUT2D eigenvalue weighted by Gasteiger charge is 2.23. The second-order valence-electron chi connectivity index (χ2n) is 5.02. The fraction of sp³-hybridized carbons (Fsp3) is 0.400. The van der Waals surface area contributed by atoms with Crippen molar-refractivity contribution in [2.24, 2.45) is 0 Å². The van der Waals surface area contributed by atoms with Crippen LogP contribution in [0.15, 0.2) is 28.7 Å². The number of aromatic nitrogens is 2. The predicted octanol–water partition coefficient (Wildman–Crippen LogP) is 2.23. The number of carbonyl (C=O) groups is 1. The highest BCUT2D eigenvalue weighted by Crippen LogP contribution is 2.26. The molecule has 1 fully saturated rings. The summed E-state index contributed by atoms with van der Waals surface area (Å²) in [4.78, 5) is 11.8. The van der Waals surface area contributed by atoms with Gasteiger partial charge in [-0.25, -0.2) is 0 Å². The van der Waals surface area contributed by atoms with Crippen LogP contribution in [0.5, 0.6) is 0 Å². The molecule has 0 bridgehead atoms. The lowest BCUT2D eigenvalue weighted by Crippen LogP contribution is -2.35. The number of benzene rings is 1. The number of carbonyl (C=O) groups excluding carboxylic acids is 1. The maximum Gasteiger partial charge on any atom is 0.249 e. The molecular formula is C15H16ClN3O3. The number of ether oxygens (including phenoxy) is 1. The summed E-state index contributed by atoms with van der Waals surface area (Å²) in [7, 11) is 0. The van der Waals surface area contributed by atoms with Crippen LogP contribution in [0.25, 0.3) is 11.5 Å². The van der Waals surface area contributed by atoms with E-state index in [1.807, 2.05) is 18.2 Å². The molecular weight excluding hydrogens is 306 g/mol. The van der Waals surface area contributed by atoms with Crippen LogP contribution in [0.4, 0.5) is 0 Å². The number of nitrogens with zero attached hydrogens (tertiary/aromatic N) is 2. The van der Waals surface area contributed by atoms with Gasteiger partial charge in [0.2, 0.25) is 17.7 Å². The average molecular weight is 322 g/mol. The van der Waals surface area contributed by atoms with Crippen LogP contribution in [0, 0.1) is 0 Å². The fourth-order valence-electron chi connectivity index (χ4n) is 2.29. The second kappa shape index (κ2) is 6.89. The van der Waals surface area contributed by atoms with Crippen molar-refractivity contribution in [3.8, 4) is 11.5 Å². The van der Waals surface area contributed by atoms with Gasteiger partial charge in [-0.15, -0.1) is 10.2 Å². The van der Waals surface area contributed by atoms with E-state index in [-0.39, 0.29) is 12.0 Å². The van der Waals surface area contributed by atoms with Gasteiger partial charge in [0.05, 0.1) is 10.6 Å². The van der Waals surface area contributed by atoms with Gasteiger partial charge in [0, 0.05) is 19.6 Å². The zero-order chi connectivity index (χ0) is 15.4. The molecule has 1 aliphatic heterocycles. The van der Waals surface area contributed by atoms with Gasteiger partial charge in [-0.3, -0.25) is 4.79 Å². The number of nitrogens with one attached hydrogen (secondary N) is 1. The van der Waals surface area contributed by atoms with E-state index in [1.54, 1.807) is 6.07 Å². The topological polar surface area (TPSA) is 77.3 Å². The van der Waals surface area contributed by atoms with Crippen LogP contribution in [0.2, 0.25) is 5.02 Å². The van der Waals surface area contributed by atoms with Crippen molar-refractivity contribution < 1.29 is 13.9 Å². The molecule has 1 aromatic carbocycles. The molecule has 116 valence electrons. The normalized spacial score (nSPS) is 17.6. The Morgan fingerprint density at radius 1 is 1.36 bits per heavy atom. The molecule has 1 unspecified atom stereocenters. The lowest BCUT2D eigenvalue weighted by atomic mass is 10.2. The first-order chi connectivity index (χ1) is 10.7. The molecule has 0 aliphatic carbocycles. The van der Waals surface area contributed by atoms with Gasteiger partial charge < -0.3 is 14.5 Å². The van der Waals surface area contributed by atoms with Crippen molar-refractivity contribution in [3.05, 3.63) is 35.2 Å². The van der Waals surface area contributed by atoms with Crippen LogP contribution >= 0.6 is 11.6 Å². The monoisotopic (exact) mass is 321 g/mol. The quantitative estimate of drug-likeness (QED) is 0.913. The van der Waals surface area contributed by atoms with E-state index in [2.05, 4.69) is 15.5 Å². The van der Waals surface area contributed by atoms with Crippen LogP contribution in [0.3, 0.4) is 0 Å². The van der Waals surface area contributed by atoms with Gasteiger partial charge in [-0.2, -0.15) is 0 Å². The van der Waals surface area contributed by atoms with Crippen LogP contribution in [-0.4, -0.2) is 35.4 Å². The van der Waals surface area contributed by atoms with Gasteiger partial charge >= 0.3 is 0 Å². The Morgan fingerprint density at radius 2 is 2.23 bits per heavy atom. The zero-order valence-electron chi connectivity index (χ0n) is 11.9. The molecule has 6 nitrogen and oxygen atoms in total. The van der Waals surface area contributed by atoms with E-state index in [4.69, 9.17) is 20.8 Å². The summed E-state index contributed by atoms with van der Waals surface area (Å²) in [6, 6.07) is 7.28. The molecule has 1 amide bonds. The number of hydrogen-bond acceptors (Lipinski definition) is 5. The Balaban J connectivity index is 1.54. The number of halogens is 1. The summed E-state index contributed by atoms with van der Waals surface area (Å²) in [6.45, 7) is 1.09. The zero-order valence-corrected chi connectivity index (χ0v) is 12.7. The van der Waals surface area contributed by atoms with Crippen molar-refractivity contribution in [2.45, 2.75) is 25.4 Å². The third-order valence-corrected chi connectivity index (χ3v) is 3.76. The Morgan fingerprint density at radius 3 is 3.00 bits per heavy atom. The van der Waals surface area contributed by atoms with Crippen LogP contribution < -0.4 is 5.32 Å². The number of hydrogen-bond donors (Lipinski definition) is 1. The Hall–Kier alpha value is -1.92. The molecule has 2 aromatic rings. The molecule has 1 N–H and O–H groups in total. The molecule has 0 radical (unpaired) electrons. The predicted molar refractivity (Wildman–Crippen MR) is 80.4 cm³/mol. The van der Waals surface area contributed by atoms with E-state index in [9.17, 15) is 4.79 Å². The van der Waals surface area contributed by atoms with E-state index in [0.29, 0.717) is 41.9 Å². The van der Waals surface area contributed by atoms with Gasteiger partial charge in [0.15, 0.2) is 0 Å². The minimum Gasteiger partial charge on any atom is -0.421 e. The first-order valence-corrected chi connectivity index (χ1v) is 7.58. The maximum absolute atomic E-state index is 11.8. The van der Waals surface area contributed by atoms with E-state index in [1.165, 1.54) is 0 Å². The first kappa shape index (κ1) is 15.0. The van der Waals surface area contributed by atoms with Crippen molar-refractivity contribution in [1.29, 1.82) is 0 Å². The lowest BCUT2D eigenvalue weighted by molar-refractivity contribution is -0.130. The summed E-state index contributed by atoms with van der Waals surface area (Å²) in [6.07, 6.45) is 1.86. The number of amides is 1. The van der Waals surface area contributed by atoms with E-state index < -0.39 is 0 Å². The summed E-state index contributed by atoms with van der Waals surface area (Å²) in [5, 5.41) is 11.3. The fourth-order valence-corrected chi connectivity index (χ4v) is 2.51. The SMILES string of the molecule is O=C(NCCc1nnc(-c2ccccc2Cl)o1)C1CCCO1. The van der Waals surface area contributed by atoms with Crippen molar-refractivity contribution in [3.63, 3.8) is 0 Å². The Bertz CT molecular complexity index is 653. The molecule has 22 heavy (non-hydrogen) atoms. The standard InChI is InChI=1S/C15H16ClN3O3/c16-11-5-2-1-4-10(11)15-19-18-13(22-15)7-8-17-14(20)12-6-3-9-21-12/h1-2,4-5,12H,3,6-9H2,(H,17,20). The number of rotatable bonds is 5. The lowest BCUT2D eigenvalue weighted by Gasteiger charge is -2.08. The Labute approximate surface area is 132 Å². The third-order valence-electron chi connectivity index (χ3n) is 3.43. The van der Waals surface area contributed by atoms with Gasteiger partial charge in [-0.05, 0) is 25.0 Å². The third kappa shape index (κ3) is 3.45. The van der Waals surface area contributed by atoms with Crippen molar-refractivity contribution in [1.82, 2.24) is 15.5 Å². The minimum atomic E-state index is -0.318. The van der Waals surface area contributed by atoms with Crippen LogP contribution in [-0.2, 0) is 16.0 Å². The molecule has 1 aliphatic rings. The summed E-state index contributed by atoms with van der Waals surface area (Å²) >= 11 is 6.09. The molecule has 3 rings (SSSR count). The van der Waals surface area contributed by atoms with E-state index >= 15 is 0 Å². The largest absolute Gasteiger partial charge is 0.421 e. The highest BCUT2D eigenvalue weighted by atomic mass is 35.5. The molecule has 2 heterocycles. The van der Waals surface area contributed by atoms with Gasteiger partial charge in [-0.1, -0.05) is 23.7 Å². The van der Waals surface area contributed by atoms with Gasteiger partial charge in [0.25, 0.3) is 0 Å². The summed E-state index contributed by atoms with van der Waals surface area (Å²) in [5.41, 5.74) is 0.700. The Kier molecular flexibility index (Phi) is 4.70. The van der Waals surface area contributed by atoms with Crippen LogP contribution in [0.1, 0.15) is 18.7 Å². The molecule has 1 saturated heterocycles. The van der Waals surface area contributed by atoms with Crippen molar-refractivity contribution in [2.75, 3.05) is 13.2 Å². The second-order valence-corrected chi connectivity index (χ2v) is 5.43. The van der Waals surface area contributed by atoms with E-state index in [0.717, 1.165) is 12.8 Å². The molecule has 0 saturated carbocycles. The summed E-state index contributed by atoms with van der Waals surface area (Å²) < 4.78 is 10.9. The van der Waals surface area contributed by atoms with Gasteiger partial charge in [0.1, 0.15) is 6.10 Å². The molecule has 0 spiro atoms. The molecule has 1 aromatic heterocycles. The highest BCUT2D eigenvalue weighted by molar-refractivity contribution is 6.33. The first-order valence-electron chi connectivity index (χ1n) is 7.20. The average Bonchev–Trinajstić information content (AvgIpc) is 3.19. The maximum atomic E-state index is 11.8.